The van der Waals surface area contributed by atoms with Crippen molar-refractivity contribution < 1.29 is 0 Å². The number of H-pyrrole nitrogens is 1. The van der Waals surface area contributed by atoms with Crippen molar-refractivity contribution in [2.24, 2.45) is 0 Å². The van der Waals surface area contributed by atoms with Crippen molar-refractivity contribution in [3.8, 4) is 11.4 Å². The average molecular weight is 241 g/mol. The summed E-state index contributed by atoms with van der Waals surface area (Å²) in [4.78, 5) is 7.99. The first-order valence-electron chi connectivity index (χ1n) is 6.70. The van der Waals surface area contributed by atoms with Crippen molar-refractivity contribution in [1.82, 2.24) is 9.97 Å². The van der Waals surface area contributed by atoms with E-state index in [0.29, 0.717) is 5.92 Å². The van der Waals surface area contributed by atoms with E-state index in [0.717, 1.165) is 17.1 Å². The maximum Gasteiger partial charge on any atom is 0.137 e. The Bertz CT molecular complexity index is 507. The zero-order chi connectivity index (χ0) is 12.4. The summed E-state index contributed by atoms with van der Waals surface area (Å²) in [5, 5.41) is 3.12. The summed E-state index contributed by atoms with van der Waals surface area (Å²) >= 11 is 0. The maximum atomic E-state index is 4.51. The Hall–Kier alpha value is -1.77. The van der Waals surface area contributed by atoms with Gasteiger partial charge in [0.1, 0.15) is 5.82 Å². The van der Waals surface area contributed by atoms with Crippen molar-refractivity contribution in [3.05, 3.63) is 36.2 Å². The van der Waals surface area contributed by atoms with Crippen molar-refractivity contribution >= 4 is 5.69 Å². The monoisotopic (exact) mass is 241 g/mol. The minimum atomic E-state index is 0.697. The third-order valence-electron chi connectivity index (χ3n) is 3.84. The minimum absolute atomic E-state index is 0.697. The number of anilines is 1. The van der Waals surface area contributed by atoms with Gasteiger partial charge < -0.3 is 10.3 Å². The standard InChI is InChI=1S/C15H19N3/c1-16-13-8-6-12(7-9-13)15-17-10-14(18-15)11-4-2-3-5-11/h6-11,16H,2-5H2,1H3,(H,17,18). The zero-order valence-corrected chi connectivity index (χ0v) is 10.7. The molecule has 1 fully saturated rings. The molecule has 3 rings (SSSR count). The van der Waals surface area contributed by atoms with E-state index in [-0.39, 0.29) is 0 Å². The van der Waals surface area contributed by atoms with Crippen LogP contribution in [0.25, 0.3) is 11.4 Å². The van der Waals surface area contributed by atoms with E-state index in [2.05, 4.69) is 39.6 Å². The molecule has 0 spiro atoms. The molecule has 1 saturated carbocycles. The number of hydrogen-bond donors (Lipinski definition) is 2. The molecule has 1 aromatic carbocycles. The topological polar surface area (TPSA) is 40.7 Å². The maximum absolute atomic E-state index is 4.51. The van der Waals surface area contributed by atoms with Crippen LogP contribution >= 0.6 is 0 Å². The summed E-state index contributed by atoms with van der Waals surface area (Å²) in [6.45, 7) is 0. The van der Waals surface area contributed by atoms with Crippen molar-refractivity contribution in [1.29, 1.82) is 0 Å². The summed E-state index contributed by atoms with van der Waals surface area (Å²) < 4.78 is 0. The van der Waals surface area contributed by atoms with Gasteiger partial charge in [-0.2, -0.15) is 0 Å². The second-order valence-electron chi connectivity index (χ2n) is 5.00. The van der Waals surface area contributed by atoms with Crippen LogP contribution in [-0.4, -0.2) is 17.0 Å². The fourth-order valence-corrected chi connectivity index (χ4v) is 2.72. The van der Waals surface area contributed by atoms with Crippen molar-refractivity contribution in [2.45, 2.75) is 31.6 Å². The lowest BCUT2D eigenvalue weighted by atomic mass is 10.1. The fraction of sp³-hybridized carbons (Fsp3) is 0.400. The van der Waals surface area contributed by atoms with Gasteiger partial charge in [-0.15, -0.1) is 0 Å². The first-order chi connectivity index (χ1) is 8.86. The van der Waals surface area contributed by atoms with Crippen LogP contribution in [0.5, 0.6) is 0 Å². The van der Waals surface area contributed by atoms with Gasteiger partial charge in [-0.3, -0.25) is 0 Å². The molecular weight excluding hydrogens is 222 g/mol. The van der Waals surface area contributed by atoms with Gasteiger partial charge in [-0.1, -0.05) is 12.8 Å². The van der Waals surface area contributed by atoms with E-state index in [9.17, 15) is 0 Å². The predicted octanol–water partition coefficient (Wildman–Crippen LogP) is 3.78. The van der Waals surface area contributed by atoms with Crippen LogP contribution in [0, 0.1) is 0 Å². The van der Waals surface area contributed by atoms with Crippen molar-refractivity contribution in [2.75, 3.05) is 12.4 Å². The molecule has 0 bridgehead atoms. The molecule has 0 unspecified atom stereocenters. The highest BCUT2D eigenvalue weighted by atomic mass is 14.9. The number of imidazole rings is 1. The summed E-state index contributed by atoms with van der Waals surface area (Å²) in [5.74, 6) is 1.68. The van der Waals surface area contributed by atoms with Crippen LogP contribution in [0.4, 0.5) is 5.69 Å². The number of benzene rings is 1. The van der Waals surface area contributed by atoms with Crippen LogP contribution in [-0.2, 0) is 0 Å². The van der Waals surface area contributed by atoms with Gasteiger partial charge in [-0.05, 0) is 37.1 Å². The molecule has 1 aliphatic carbocycles. The molecule has 2 N–H and O–H groups in total. The van der Waals surface area contributed by atoms with Gasteiger partial charge in [0.2, 0.25) is 0 Å². The molecule has 0 aliphatic heterocycles. The van der Waals surface area contributed by atoms with Crippen LogP contribution in [0.2, 0.25) is 0 Å². The smallest absolute Gasteiger partial charge is 0.137 e. The third-order valence-corrected chi connectivity index (χ3v) is 3.84. The van der Waals surface area contributed by atoms with E-state index < -0.39 is 0 Å². The quantitative estimate of drug-likeness (QED) is 0.858. The Balaban J connectivity index is 1.82. The van der Waals surface area contributed by atoms with E-state index in [1.807, 2.05) is 13.2 Å². The molecule has 94 valence electrons. The van der Waals surface area contributed by atoms with E-state index in [4.69, 9.17) is 0 Å². The number of rotatable bonds is 3. The van der Waals surface area contributed by atoms with Gasteiger partial charge in [0.05, 0.1) is 0 Å². The second-order valence-corrected chi connectivity index (χ2v) is 5.00. The molecule has 2 aromatic rings. The molecule has 3 heteroatoms. The highest BCUT2D eigenvalue weighted by Gasteiger charge is 2.19. The summed E-state index contributed by atoms with van der Waals surface area (Å²) in [7, 11) is 1.93. The summed E-state index contributed by atoms with van der Waals surface area (Å²) in [5.41, 5.74) is 3.58. The van der Waals surface area contributed by atoms with Gasteiger partial charge in [0.15, 0.2) is 0 Å². The van der Waals surface area contributed by atoms with Gasteiger partial charge in [-0.25, -0.2) is 4.98 Å². The molecule has 0 radical (unpaired) electrons. The normalized spacial score (nSPS) is 16.1. The average Bonchev–Trinajstić information content (AvgIpc) is 3.09. The number of aromatic amines is 1. The van der Waals surface area contributed by atoms with Crippen LogP contribution in [0.1, 0.15) is 37.3 Å². The molecule has 3 nitrogen and oxygen atoms in total. The molecule has 0 amide bonds. The van der Waals surface area contributed by atoms with Crippen molar-refractivity contribution in [3.63, 3.8) is 0 Å². The van der Waals surface area contributed by atoms with E-state index in [1.54, 1.807) is 0 Å². The van der Waals surface area contributed by atoms with E-state index in [1.165, 1.54) is 31.4 Å². The molecular formula is C15H19N3. The molecule has 0 saturated heterocycles. The molecule has 1 aromatic heterocycles. The number of hydrogen-bond acceptors (Lipinski definition) is 2. The minimum Gasteiger partial charge on any atom is -0.388 e. The van der Waals surface area contributed by atoms with Gasteiger partial charge in [0.25, 0.3) is 0 Å². The number of nitrogens with one attached hydrogen (secondary N) is 2. The van der Waals surface area contributed by atoms with Gasteiger partial charge in [0, 0.05) is 36.1 Å². The lowest BCUT2D eigenvalue weighted by Gasteiger charge is -2.05. The Morgan fingerprint density at radius 2 is 1.89 bits per heavy atom. The third kappa shape index (κ3) is 2.13. The Morgan fingerprint density at radius 1 is 1.17 bits per heavy atom. The van der Waals surface area contributed by atoms with Crippen LogP contribution < -0.4 is 5.32 Å². The molecule has 18 heavy (non-hydrogen) atoms. The second kappa shape index (κ2) is 4.84. The Morgan fingerprint density at radius 3 is 2.56 bits per heavy atom. The SMILES string of the molecule is CNc1ccc(-c2ncc(C3CCCC3)[nH]2)cc1. The molecule has 1 aliphatic rings. The Labute approximate surface area is 108 Å². The highest BCUT2D eigenvalue weighted by molar-refractivity contribution is 5.59. The van der Waals surface area contributed by atoms with Crippen LogP contribution in [0.15, 0.2) is 30.5 Å². The predicted molar refractivity (Wildman–Crippen MR) is 74.8 cm³/mol. The lowest BCUT2D eigenvalue weighted by Crippen LogP contribution is -1.92. The summed E-state index contributed by atoms with van der Waals surface area (Å²) in [6, 6.07) is 8.35. The summed E-state index contributed by atoms with van der Waals surface area (Å²) in [6.07, 6.45) is 7.34. The zero-order valence-electron chi connectivity index (χ0n) is 10.7. The molecule has 1 heterocycles. The Kier molecular flexibility index (Phi) is 3.05. The first kappa shape index (κ1) is 11.3. The largest absolute Gasteiger partial charge is 0.388 e. The lowest BCUT2D eigenvalue weighted by molar-refractivity contribution is 0.703. The van der Waals surface area contributed by atoms with Crippen LogP contribution in [0.3, 0.4) is 0 Å². The first-order valence-corrected chi connectivity index (χ1v) is 6.70. The number of aromatic nitrogens is 2. The fourth-order valence-electron chi connectivity index (χ4n) is 2.72. The van der Waals surface area contributed by atoms with Gasteiger partial charge >= 0.3 is 0 Å². The highest BCUT2D eigenvalue weighted by Crippen LogP contribution is 2.33. The van der Waals surface area contributed by atoms with E-state index >= 15 is 0 Å². The molecule has 0 atom stereocenters. The number of nitrogens with zero attached hydrogens (tertiary/aromatic N) is 1.